The summed E-state index contributed by atoms with van der Waals surface area (Å²) < 4.78 is 0. The van der Waals surface area contributed by atoms with Crippen molar-refractivity contribution in [2.45, 2.75) is 26.7 Å². The van der Waals surface area contributed by atoms with E-state index in [-0.39, 0.29) is 12.0 Å². The lowest BCUT2D eigenvalue weighted by Gasteiger charge is -2.29. The maximum Gasteiger partial charge on any atom is 0.127 e. The van der Waals surface area contributed by atoms with Gasteiger partial charge in [0.2, 0.25) is 0 Å². The quantitative estimate of drug-likeness (QED) is 0.693. The molecule has 4 heteroatoms. The van der Waals surface area contributed by atoms with E-state index in [4.69, 9.17) is 5.11 Å². The Balaban J connectivity index is 2.43. The number of aldehydes is 1. The smallest absolute Gasteiger partial charge is 0.127 e. The first-order valence-corrected chi connectivity index (χ1v) is 6.65. The van der Waals surface area contributed by atoms with Crippen LogP contribution < -0.4 is 0 Å². The van der Waals surface area contributed by atoms with Gasteiger partial charge in [-0.25, -0.2) is 0 Å². The second kappa shape index (κ2) is 7.09. The average molecular weight is 242 g/mol. The molecule has 100 valence electrons. The maximum atomic E-state index is 11.1. The van der Waals surface area contributed by atoms with Crippen molar-refractivity contribution in [2.75, 3.05) is 45.9 Å². The minimum Gasteiger partial charge on any atom is -0.395 e. The van der Waals surface area contributed by atoms with Crippen LogP contribution in [-0.2, 0) is 4.79 Å². The van der Waals surface area contributed by atoms with Gasteiger partial charge in [-0.05, 0) is 25.9 Å². The molecular formula is C13H26N2O2. The highest BCUT2D eigenvalue weighted by Gasteiger charge is 2.25. The number of aliphatic hydroxyl groups is 1. The van der Waals surface area contributed by atoms with Crippen molar-refractivity contribution in [2.24, 2.45) is 5.41 Å². The van der Waals surface area contributed by atoms with E-state index in [1.165, 1.54) is 0 Å². The van der Waals surface area contributed by atoms with Gasteiger partial charge in [-0.1, -0.05) is 13.8 Å². The van der Waals surface area contributed by atoms with Gasteiger partial charge in [0, 0.05) is 31.6 Å². The van der Waals surface area contributed by atoms with E-state index in [1.54, 1.807) is 0 Å². The van der Waals surface area contributed by atoms with Crippen LogP contribution in [0.1, 0.15) is 26.7 Å². The van der Waals surface area contributed by atoms with Gasteiger partial charge < -0.3 is 14.8 Å². The molecule has 0 spiro atoms. The predicted molar refractivity (Wildman–Crippen MR) is 69.0 cm³/mol. The molecule has 1 saturated heterocycles. The van der Waals surface area contributed by atoms with E-state index in [1.807, 2.05) is 6.92 Å². The monoisotopic (exact) mass is 242 g/mol. The molecule has 0 aromatic rings. The number of carbonyl (C=O) groups is 1. The fourth-order valence-corrected chi connectivity index (χ4v) is 2.29. The second-order valence-corrected chi connectivity index (χ2v) is 5.32. The minimum absolute atomic E-state index is 0.202. The summed E-state index contributed by atoms with van der Waals surface area (Å²) in [5, 5.41) is 8.94. The lowest BCUT2D eigenvalue weighted by Crippen LogP contribution is -2.39. The minimum atomic E-state index is -0.202. The van der Waals surface area contributed by atoms with Gasteiger partial charge in [0.25, 0.3) is 0 Å². The fraction of sp³-hybridized carbons (Fsp3) is 0.923. The van der Waals surface area contributed by atoms with Crippen molar-refractivity contribution in [3.05, 3.63) is 0 Å². The molecule has 0 aliphatic carbocycles. The van der Waals surface area contributed by atoms with Gasteiger partial charge >= 0.3 is 0 Å². The molecule has 1 aliphatic heterocycles. The van der Waals surface area contributed by atoms with Crippen molar-refractivity contribution >= 4 is 6.29 Å². The lowest BCUT2D eigenvalue weighted by molar-refractivity contribution is -0.116. The molecule has 1 fully saturated rings. The highest BCUT2D eigenvalue weighted by Crippen LogP contribution is 2.20. The Labute approximate surface area is 105 Å². The molecule has 1 atom stereocenters. The van der Waals surface area contributed by atoms with E-state index in [0.29, 0.717) is 0 Å². The molecule has 1 aliphatic rings. The van der Waals surface area contributed by atoms with Gasteiger partial charge in [0.15, 0.2) is 0 Å². The van der Waals surface area contributed by atoms with Gasteiger partial charge in [-0.3, -0.25) is 4.90 Å². The van der Waals surface area contributed by atoms with Crippen molar-refractivity contribution in [1.82, 2.24) is 9.80 Å². The van der Waals surface area contributed by atoms with Crippen LogP contribution in [0.3, 0.4) is 0 Å². The number of hydrogen-bond donors (Lipinski definition) is 1. The molecule has 1 heterocycles. The summed E-state index contributed by atoms with van der Waals surface area (Å²) >= 11 is 0. The number of β-amino-alcohol motifs (C(OH)–C–C–N with tert-alkyl or cyclic N) is 1. The normalized spacial score (nSPS) is 23.0. The van der Waals surface area contributed by atoms with Crippen LogP contribution in [0.2, 0.25) is 0 Å². The fourth-order valence-electron chi connectivity index (χ4n) is 2.29. The molecule has 0 aromatic carbocycles. The van der Waals surface area contributed by atoms with E-state index >= 15 is 0 Å². The van der Waals surface area contributed by atoms with Crippen LogP contribution >= 0.6 is 0 Å². The second-order valence-electron chi connectivity index (χ2n) is 5.32. The molecule has 0 aromatic heterocycles. The molecule has 1 unspecified atom stereocenters. The molecule has 0 radical (unpaired) electrons. The van der Waals surface area contributed by atoms with Crippen LogP contribution in [0, 0.1) is 5.41 Å². The predicted octanol–water partition coefficient (Wildman–Crippen LogP) is 0.602. The summed E-state index contributed by atoms with van der Waals surface area (Å²) in [5.41, 5.74) is -0.202. The van der Waals surface area contributed by atoms with E-state index in [2.05, 4.69) is 16.7 Å². The zero-order chi connectivity index (χ0) is 12.7. The van der Waals surface area contributed by atoms with Crippen LogP contribution in [0.15, 0.2) is 0 Å². The number of rotatable bonds is 6. The Bertz CT molecular complexity index is 235. The highest BCUT2D eigenvalue weighted by atomic mass is 16.3. The third-order valence-electron chi connectivity index (χ3n) is 3.77. The Morgan fingerprint density at radius 3 is 2.47 bits per heavy atom. The highest BCUT2D eigenvalue weighted by molar-refractivity contribution is 5.58. The summed E-state index contributed by atoms with van der Waals surface area (Å²) in [5.74, 6) is 0. The first-order valence-electron chi connectivity index (χ1n) is 6.65. The first-order chi connectivity index (χ1) is 8.13. The summed E-state index contributed by atoms with van der Waals surface area (Å²) in [6.07, 6.45) is 3.12. The third kappa shape index (κ3) is 4.74. The van der Waals surface area contributed by atoms with Crippen molar-refractivity contribution < 1.29 is 9.90 Å². The zero-order valence-corrected chi connectivity index (χ0v) is 11.2. The van der Waals surface area contributed by atoms with Crippen LogP contribution in [0.25, 0.3) is 0 Å². The lowest BCUT2D eigenvalue weighted by atomic mass is 9.89. The number of aliphatic hydroxyl groups excluding tert-OH is 1. The number of carbonyl (C=O) groups excluding carboxylic acids is 1. The van der Waals surface area contributed by atoms with Gasteiger partial charge in [0.1, 0.15) is 6.29 Å². The van der Waals surface area contributed by atoms with E-state index in [9.17, 15) is 4.79 Å². The molecule has 1 rings (SSSR count). The van der Waals surface area contributed by atoms with Crippen molar-refractivity contribution in [1.29, 1.82) is 0 Å². The van der Waals surface area contributed by atoms with Gasteiger partial charge in [-0.2, -0.15) is 0 Å². The summed E-state index contributed by atoms with van der Waals surface area (Å²) in [4.78, 5) is 15.8. The molecule has 17 heavy (non-hydrogen) atoms. The summed E-state index contributed by atoms with van der Waals surface area (Å²) in [6, 6.07) is 0. The Hall–Kier alpha value is -0.450. The zero-order valence-electron chi connectivity index (χ0n) is 11.2. The van der Waals surface area contributed by atoms with E-state index in [0.717, 1.165) is 58.4 Å². The van der Waals surface area contributed by atoms with Crippen LogP contribution in [0.4, 0.5) is 0 Å². The van der Waals surface area contributed by atoms with Crippen molar-refractivity contribution in [3.8, 4) is 0 Å². The first kappa shape index (κ1) is 14.6. The van der Waals surface area contributed by atoms with Crippen LogP contribution in [-0.4, -0.2) is 67.1 Å². The Morgan fingerprint density at radius 2 is 1.88 bits per heavy atom. The molecule has 0 saturated carbocycles. The SMILES string of the molecule is CCC(C)(C=O)CN1CCCN(CCO)CC1. The van der Waals surface area contributed by atoms with Gasteiger partial charge in [-0.15, -0.1) is 0 Å². The summed E-state index contributed by atoms with van der Waals surface area (Å²) in [6.45, 7) is 10.1. The molecular weight excluding hydrogens is 216 g/mol. The number of hydrogen-bond acceptors (Lipinski definition) is 4. The molecule has 0 bridgehead atoms. The molecule has 0 amide bonds. The molecule has 4 nitrogen and oxygen atoms in total. The van der Waals surface area contributed by atoms with E-state index < -0.39 is 0 Å². The van der Waals surface area contributed by atoms with Gasteiger partial charge in [0.05, 0.1) is 6.61 Å². The Morgan fingerprint density at radius 1 is 1.24 bits per heavy atom. The number of nitrogens with zero attached hydrogens (tertiary/aromatic N) is 2. The largest absolute Gasteiger partial charge is 0.395 e. The third-order valence-corrected chi connectivity index (χ3v) is 3.77. The summed E-state index contributed by atoms with van der Waals surface area (Å²) in [7, 11) is 0. The standard InChI is InChI=1S/C13H26N2O2/c1-3-13(2,12-17)11-15-6-4-5-14(7-8-15)9-10-16/h12,16H,3-11H2,1-2H3. The Kier molecular flexibility index (Phi) is 6.09. The maximum absolute atomic E-state index is 11.1. The van der Waals surface area contributed by atoms with Crippen molar-refractivity contribution in [3.63, 3.8) is 0 Å². The topological polar surface area (TPSA) is 43.8 Å². The molecule has 1 N–H and O–H groups in total. The van der Waals surface area contributed by atoms with Crippen LogP contribution in [0.5, 0.6) is 0 Å². The average Bonchev–Trinajstić information content (AvgIpc) is 2.55.